The molecular weight excluding hydrogens is 423 g/mol. The van der Waals surface area contributed by atoms with Gasteiger partial charge in [-0.3, -0.25) is 0 Å². The minimum atomic E-state index is -4.80. The molecule has 2 aromatic carbocycles. The van der Waals surface area contributed by atoms with Gasteiger partial charge in [-0.1, -0.05) is 42.5 Å². The lowest BCUT2D eigenvalue weighted by molar-refractivity contribution is -0.629. The molecule has 4 N–H and O–H groups in total. The largest absolute Gasteiger partial charge is 0.618 e. The Balaban J connectivity index is 1.68. The van der Waals surface area contributed by atoms with Gasteiger partial charge < -0.3 is 21.4 Å². The van der Waals surface area contributed by atoms with Crippen LogP contribution in [-0.2, 0) is 6.18 Å². The van der Waals surface area contributed by atoms with Gasteiger partial charge in [0.05, 0.1) is 17.3 Å². The zero-order chi connectivity index (χ0) is 22.9. The highest BCUT2D eigenvalue weighted by Crippen LogP contribution is 2.36. The molecule has 0 aliphatic rings. The summed E-state index contributed by atoms with van der Waals surface area (Å²) in [6.45, 7) is 0. The molecule has 10 heteroatoms. The van der Waals surface area contributed by atoms with Crippen molar-refractivity contribution in [2.45, 2.75) is 6.18 Å². The predicted molar refractivity (Wildman–Crippen MR) is 112 cm³/mol. The SMILES string of the molecule is Nc1nc(N)c(-c2ccc(Oc3cc[n+]([O-])c(C(F)(F)F)c3)cc2)c(-c2ccccc2)n1. The number of nitrogens with zero attached hydrogens (tertiary/aromatic N) is 3. The van der Waals surface area contributed by atoms with Crippen LogP contribution in [0.25, 0.3) is 22.4 Å². The summed E-state index contributed by atoms with van der Waals surface area (Å²) in [6.07, 6.45) is -4.06. The van der Waals surface area contributed by atoms with E-state index in [0.717, 1.165) is 17.8 Å². The van der Waals surface area contributed by atoms with Crippen LogP contribution in [0.4, 0.5) is 24.9 Å². The summed E-state index contributed by atoms with van der Waals surface area (Å²) in [6, 6.07) is 17.5. The van der Waals surface area contributed by atoms with E-state index in [0.29, 0.717) is 22.9 Å². The Hall–Kier alpha value is -4.34. The fourth-order valence-corrected chi connectivity index (χ4v) is 3.15. The molecule has 162 valence electrons. The number of aromatic nitrogens is 3. The monoisotopic (exact) mass is 439 g/mol. The number of benzene rings is 2. The highest BCUT2D eigenvalue weighted by Gasteiger charge is 2.40. The standard InChI is InChI=1S/C22H16F3N5O2/c23-22(24,25)17-12-16(10-11-30(17)31)32-15-8-6-13(7-9-15)18-19(14-4-2-1-3-5-14)28-21(27)29-20(18)26/h1-12H,(H4,26,27,28,29). The molecule has 2 heterocycles. The van der Waals surface area contributed by atoms with Crippen LogP contribution in [0.15, 0.2) is 72.9 Å². The topological polar surface area (TPSA) is 114 Å². The second-order valence-corrected chi connectivity index (χ2v) is 6.75. The van der Waals surface area contributed by atoms with E-state index >= 15 is 0 Å². The van der Waals surface area contributed by atoms with Crippen LogP contribution < -0.4 is 20.9 Å². The number of halogens is 3. The molecule has 0 unspecified atom stereocenters. The second kappa shape index (κ2) is 8.06. The van der Waals surface area contributed by atoms with E-state index in [2.05, 4.69) is 9.97 Å². The third-order valence-electron chi connectivity index (χ3n) is 4.56. The molecule has 4 aromatic rings. The molecular formula is C22H16F3N5O2. The number of nitrogen functional groups attached to an aromatic ring is 2. The van der Waals surface area contributed by atoms with E-state index in [-0.39, 0.29) is 28.0 Å². The van der Waals surface area contributed by atoms with E-state index in [1.807, 2.05) is 30.3 Å². The van der Waals surface area contributed by atoms with Crippen molar-refractivity contribution in [1.82, 2.24) is 9.97 Å². The average Bonchev–Trinajstić information content (AvgIpc) is 2.75. The molecule has 0 fully saturated rings. The number of anilines is 2. The maximum atomic E-state index is 12.9. The Morgan fingerprint density at radius 1 is 0.844 bits per heavy atom. The summed E-state index contributed by atoms with van der Waals surface area (Å²) in [5, 5.41) is 11.4. The van der Waals surface area contributed by atoms with Gasteiger partial charge in [-0.2, -0.15) is 22.9 Å². The first-order chi connectivity index (χ1) is 15.2. The van der Waals surface area contributed by atoms with Crippen molar-refractivity contribution in [2.24, 2.45) is 0 Å². The zero-order valence-corrected chi connectivity index (χ0v) is 16.4. The van der Waals surface area contributed by atoms with Gasteiger partial charge in [-0.15, -0.1) is 0 Å². The Bertz CT molecular complexity index is 1260. The molecule has 0 radical (unpaired) electrons. The van der Waals surface area contributed by atoms with Crippen LogP contribution >= 0.6 is 0 Å². The van der Waals surface area contributed by atoms with Gasteiger partial charge in [0.25, 0.3) is 0 Å². The van der Waals surface area contributed by atoms with Crippen LogP contribution in [0.1, 0.15) is 5.69 Å². The van der Waals surface area contributed by atoms with E-state index < -0.39 is 11.9 Å². The van der Waals surface area contributed by atoms with Crippen LogP contribution in [0.2, 0.25) is 0 Å². The Labute approximate surface area is 180 Å². The van der Waals surface area contributed by atoms with Crippen molar-refractivity contribution >= 4 is 11.8 Å². The van der Waals surface area contributed by atoms with E-state index in [4.69, 9.17) is 16.2 Å². The van der Waals surface area contributed by atoms with Crippen LogP contribution in [0, 0.1) is 5.21 Å². The lowest BCUT2D eigenvalue weighted by atomic mass is 9.99. The zero-order valence-electron chi connectivity index (χ0n) is 16.4. The molecule has 0 atom stereocenters. The van der Waals surface area contributed by atoms with Gasteiger partial charge in [-0.25, -0.2) is 4.98 Å². The number of rotatable bonds is 4. The van der Waals surface area contributed by atoms with Gasteiger partial charge in [-0.05, 0) is 17.7 Å². The van der Waals surface area contributed by atoms with Crippen LogP contribution in [0.5, 0.6) is 11.5 Å². The molecule has 4 rings (SSSR count). The van der Waals surface area contributed by atoms with Crippen LogP contribution in [0.3, 0.4) is 0 Å². The third kappa shape index (κ3) is 4.24. The van der Waals surface area contributed by atoms with Gasteiger partial charge in [0.2, 0.25) is 5.95 Å². The fraction of sp³-hybridized carbons (Fsp3) is 0.0455. The third-order valence-corrected chi connectivity index (χ3v) is 4.56. The molecule has 0 spiro atoms. The molecule has 0 aliphatic carbocycles. The van der Waals surface area contributed by atoms with E-state index in [9.17, 15) is 18.4 Å². The molecule has 0 bridgehead atoms. The normalized spacial score (nSPS) is 11.3. The van der Waals surface area contributed by atoms with Crippen molar-refractivity contribution in [3.05, 3.63) is 83.8 Å². The number of ether oxygens (including phenoxy) is 1. The summed E-state index contributed by atoms with van der Waals surface area (Å²) in [4.78, 5) is 8.37. The van der Waals surface area contributed by atoms with Gasteiger partial charge in [0, 0.05) is 11.6 Å². The first-order valence-corrected chi connectivity index (χ1v) is 9.29. The maximum absolute atomic E-state index is 12.9. The lowest BCUT2D eigenvalue weighted by Gasteiger charge is -2.13. The summed E-state index contributed by atoms with van der Waals surface area (Å²) in [5.74, 6) is 0.354. The highest BCUT2D eigenvalue weighted by molar-refractivity contribution is 5.88. The number of hydrogen-bond donors (Lipinski definition) is 2. The maximum Gasteiger partial charge on any atom is 0.478 e. The van der Waals surface area contributed by atoms with Crippen molar-refractivity contribution in [1.29, 1.82) is 0 Å². The molecule has 0 saturated carbocycles. The number of alkyl halides is 3. The van der Waals surface area contributed by atoms with Crippen molar-refractivity contribution < 1.29 is 22.6 Å². The average molecular weight is 439 g/mol. The highest BCUT2D eigenvalue weighted by atomic mass is 19.4. The molecule has 32 heavy (non-hydrogen) atoms. The predicted octanol–water partition coefficient (Wildman–Crippen LogP) is 4.42. The summed E-state index contributed by atoms with van der Waals surface area (Å²) in [5.41, 5.74) is 13.1. The molecule has 0 saturated heterocycles. The van der Waals surface area contributed by atoms with Crippen molar-refractivity contribution in [3.8, 4) is 33.9 Å². The van der Waals surface area contributed by atoms with Gasteiger partial charge >= 0.3 is 11.9 Å². The minimum absolute atomic E-state index is 0.0326. The summed E-state index contributed by atoms with van der Waals surface area (Å²) < 4.78 is 44.1. The first-order valence-electron chi connectivity index (χ1n) is 9.29. The van der Waals surface area contributed by atoms with Crippen molar-refractivity contribution in [2.75, 3.05) is 11.5 Å². The Morgan fingerprint density at radius 3 is 2.19 bits per heavy atom. The number of hydrogen-bond acceptors (Lipinski definition) is 6. The van der Waals surface area contributed by atoms with Crippen LogP contribution in [-0.4, -0.2) is 9.97 Å². The fourth-order valence-electron chi connectivity index (χ4n) is 3.15. The molecule has 0 amide bonds. The smallest absolute Gasteiger partial charge is 0.478 e. The Kier molecular flexibility index (Phi) is 5.27. The Morgan fingerprint density at radius 2 is 1.53 bits per heavy atom. The first kappa shape index (κ1) is 20.9. The lowest BCUT2D eigenvalue weighted by Crippen LogP contribution is -2.36. The molecule has 0 aliphatic heterocycles. The van der Waals surface area contributed by atoms with E-state index in [1.165, 1.54) is 0 Å². The van der Waals surface area contributed by atoms with Gasteiger partial charge in [0.1, 0.15) is 17.3 Å². The van der Waals surface area contributed by atoms with Gasteiger partial charge in [0.15, 0.2) is 6.20 Å². The number of pyridine rings is 1. The second-order valence-electron chi connectivity index (χ2n) is 6.75. The molecule has 2 aromatic heterocycles. The summed E-state index contributed by atoms with van der Waals surface area (Å²) >= 11 is 0. The van der Waals surface area contributed by atoms with E-state index in [1.54, 1.807) is 24.3 Å². The van der Waals surface area contributed by atoms with Crippen molar-refractivity contribution in [3.63, 3.8) is 0 Å². The molecule has 7 nitrogen and oxygen atoms in total. The number of nitrogens with two attached hydrogens (primary N) is 2. The summed E-state index contributed by atoms with van der Waals surface area (Å²) in [7, 11) is 0. The quantitative estimate of drug-likeness (QED) is 0.359. The minimum Gasteiger partial charge on any atom is -0.618 e.